The number of nitrogens with zero attached hydrogens (tertiary/aromatic N) is 1. The number of hydrogen-bond acceptors (Lipinski definition) is 5. The molecule has 2 rings (SSSR count). The fourth-order valence-corrected chi connectivity index (χ4v) is 2.38. The lowest BCUT2D eigenvalue weighted by atomic mass is 10.1. The number of pyridine rings is 1. The van der Waals surface area contributed by atoms with E-state index >= 15 is 0 Å². The Kier molecular flexibility index (Phi) is 6.82. The van der Waals surface area contributed by atoms with Crippen LogP contribution in [-0.4, -0.2) is 29.3 Å². The van der Waals surface area contributed by atoms with Gasteiger partial charge in [0, 0.05) is 34.5 Å². The van der Waals surface area contributed by atoms with Gasteiger partial charge in [-0.15, -0.1) is 0 Å². The van der Waals surface area contributed by atoms with Crippen molar-refractivity contribution >= 4 is 39.3 Å². The van der Waals surface area contributed by atoms with Crippen LogP contribution < -0.4 is 5.32 Å². The number of nitrogens with one attached hydrogen (secondary N) is 1. The molecule has 0 unspecified atom stereocenters. The summed E-state index contributed by atoms with van der Waals surface area (Å²) in [5.41, 5.74) is 1.28. The highest BCUT2D eigenvalue weighted by atomic mass is 79.9. The molecule has 1 aromatic carbocycles. The number of ketones is 1. The average Bonchev–Trinajstić information content (AvgIpc) is 2.60. The fraction of sp³-hybridized carbons (Fsp3) is 0.222. The minimum Gasteiger partial charge on any atom is -0.454 e. The maximum Gasteiger partial charge on any atom is 0.340 e. The topological polar surface area (TPSA) is 85.4 Å². The van der Waals surface area contributed by atoms with E-state index < -0.39 is 5.97 Å². The van der Waals surface area contributed by atoms with E-state index in [1.54, 1.807) is 36.5 Å². The van der Waals surface area contributed by atoms with Crippen molar-refractivity contribution in [3.63, 3.8) is 0 Å². The van der Waals surface area contributed by atoms with Crippen LogP contribution in [0.4, 0.5) is 5.69 Å². The van der Waals surface area contributed by atoms with E-state index in [2.05, 4.69) is 26.2 Å². The van der Waals surface area contributed by atoms with Crippen molar-refractivity contribution in [2.75, 3.05) is 11.9 Å². The van der Waals surface area contributed by atoms with Crippen LogP contribution in [-0.2, 0) is 9.53 Å². The smallest absolute Gasteiger partial charge is 0.340 e. The van der Waals surface area contributed by atoms with Crippen LogP contribution >= 0.6 is 15.9 Å². The fourth-order valence-electron chi connectivity index (χ4n) is 2.01. The molecule has 130 valence electrons. The second kappa shape index (κ2) is 9.08. The standard InChI is InChI=1S/C18H17BrN2O4/c1-2-3-17(23)21-15-6-4-12(5-7-15)16(22)11-25-18(24)13-8-14(19)10-20-9-13/h4-10H,2-3,11H2,1H3,(H,21,23). The highest BCUT2D eigenvalue weighted by Gasteiger charge is 2.13. The Bertz CT molecular complexity index is 775. The minimum absolute atomic E-state index is 0.0712. The second-order valence-electron chi connectivity index (χ2n) is 5.27. The number of anilines is 1. The first-order valence-electron chi connectivity index (χ1n) is 7.70. The van der Waals surface area contributed by atoms with Crippen LogP contribution in [0.3, 0.4) is 0 Å². The van der Waals surface area contributed by atoms with Gasteiger partial charge in [-0.2, -0.15) is 0 Å². The van der Waals surface area contributed by atoms with E-state index in [0.717, 1.165) is 6.42 Å². The molecule has 1 N–H and O–H groups in total. The van der Waals surface area contributed by atoms with Crippen LogP contribution in [0.1, 0.15) is 40.5 Å². The molecule has 0 aliphatic heterocycles. The predicted octanol–water partition coefficient (Wildman–Crippen LogP) is 3.62. The lowest BCUT2D eigenvalue weighted by Gasteiger charge is -2.07. The van der Waals surface area contributed by atoms with Gasteiger partial charge in [0.2, 0.25) is 5.91 Å². The molecule has 0 spiro atoms. The first-order valence-corrected chi connectivity index (χ1v) is 8.49. The number of hydrogen-bond donors (Lipinski definition) is 1. The minimum atomic E-state index is -0.620. The number of carbonyl (C=O) groups is 3. The van der Waals surface area contributed by atoms with Gasteiger partial charge in [0.1, 0.15) is 0 Å². The van der Waals surface area contributed by atoms with Gasteiger partial charge in [-0.25, -0.2) is 4.79 Å². The first kappa shape index (κ1) is 18.8. The highest BCUT2D eigenvalue weighted by molar-refractivity contribution is 9.10. The molecule has 0 saturated heterocycles. The number of halogens is 1. The van der Waals surface area contributed by atoms with Crippen LogP contribution in [0.5, 0.6) is 0 Å². The lowest BCUT2D eigenvalue weighted by molar-refractivity contribution is -0.116. The summed E-state index contributed by atoms with van der Waals surface area (Å²) in [6.45, 7) is 1.56. The van der Waals surface area contributed by atoms with Crippen molar-refractivity contribution in [3.8, 4) is 0 Å². The van der Waals surface area contributed by atoms with E-state index in [1.165, 1.54) is 6.20 Å². The van der Waals surface area contributed by atoms with Gasteiger partial charge in [-0.1, -0.05) is 6.92 Å². The normalized spacial score (nSPS) is 10.2. The molecule has 2 aromatic rings. The predicted molar refractivity (Wildman–Crippen MR) is 96.5 cm³/mol. The molecule has 0 fully saturated rings. The Balaban J connectivity index is 1.90. The molecule has 1 aromatic heterocycles. The zero-order valence-electron chi connectivity index (χ0n) is 13.6. The Hall–Kier alpha value is -2.54. The molecule has 7 heteroatoms. The monoisotopic (exact) mass is 404 g/mol. The van der Waals surface area contributed by atoms with Crippen molar-refractivity contribution in [2.24, 2.45) is 0 Å². The molecule has 0 bridgehead atoms. The van der Waals surface area contributed by atoms with Gasteiger partial charge in [0.15, 0.2) is 12.4 Å². The zero-order chi connectivity index (χ0) is 18.2. The van der Waals surface area contributed by atoms with E-state index in [9.17, 15) is 14.4 Å². The maximum atomic E-state index is 12.1. The van der Waals surface area contributed by atoms with Crippen LogP contribution in [0.15, 0.2) is 47.2 Å². The third-order valence-electron chi connectivity index (χ3n) is 3.24. The summed E-state index contributed by atoms with van der Waals surface area (Å²) < 4.78 is 5.65. The van der Waals surface area contributed by atoms with E-state index in [1.807, 2.05) is 6.92 Å². The molecule has 0 aliphatic carbocycles. The Morgan fingerprint density at radius 2 is 1.84 bits per heavy atom. The lowest BCUT2D eigenvalue weighted by Crippen LogP contribution is -2.15. The van der Waals surface area contributed by atoms with Crippen molar-refractivity contribution < 1.29 is 19.1 Å². The molecule has 25 heavy (non-hydrogen) atoms. The number of amides is 1. The number of ether oxygens (including phenoxy) is 1. The molecule has 0 atom stereocenters. The number of benzene rings is 1. The third kappa shape index (κ3) is 5.79. The number of Topliss-reactive ketones (excluding diaryl/α,β-unsaturated/α-hetero) is 1. The van der Waals surface area contributed by atoms with Gasteiger partial charge in [0.25, 0.3) is 0 Å². The molecular weight excluding hydrogens is 388 g/mol. The maximum absolute atomic E-state index is 12.1. The Morgan fingerprint density at radius 3 is 2.48 bits per heavy atom. The largest absolute Gasteiger partial charge is 0.454 e. The number of aromatic nitrogens is 1. The molecule has 1 heterocycles. The van der Waals surface area contributed by atoms with E-state index in [4.69, 9.17) is 4.74 Å². The van der Waals surface area contributed by atoms with Crippen molar-refractivity contribution in [2.45, 2.75) is 19.8 Å². The van der Waals surface area contributed by atoms with Crippen molar-refractivity contribution in [1.82, 2.24) is 4.98 Å². The average molecular weight is 405 g/mol. The van der Waals surface area contributed by atoms with Crippen LogP contribution in [0, 0.1) is 0 Å². The number of rotatable bonds is 7. The van der Waals surface area contributed by atoms with Crippen LogP contribution in [0.2, 0.25) is 0 Å². The third-order valence-corrected chi connectivity index (χ3v) is 3.68. The zero-order valence-corrected chi connectivity index (χ0v) is 15.2. The molecule has 6 nitrogen and oxygen atoms in total. The number of esters is 1. The summed E-state index contributed by atoms with van der Waals surface area (Å²) in [5, 5.41) is 2.74. The molecule has 0 radical (unpaired) electrons. The first-order chi connectivity index (χ1) is 12.0. The number of carbonyl (C=O) groups excluding carboxylic acids is 3. The summed E-state index contributed by atoms with van der Waals surface area (Å²) in [5.74, 6) is -1.02. The Morgan fingerprint density at radius 1 is 1.12 bits per heavy atom. The summed E-state index contributed by atoms with van der Waals surface area (Å²) in [4.78, 5) is 39.4. The van der Waals surface area contributed by atoms with Gasteiger partial charge >= 0.3 is 5.97 Å². The SMILES string of the molecule is CCCC(=O)Nc1ccc(C(=O)COC(=O)c2cncc(Br)c2)cc1. The summed E-state index contributed by atoms with van der Waals surface area (Å²) >= 11 is 3.21. The quantitative estimate of drug-likeness (QED) is 0.562. The Labute approximate surface area is 153 Å². The van der Waals surface area contributed by atoms with Gasteiger partial charge < -0.3 is 10.1 Å². The molecule has 1 amide bonds. The molecule has 0 saturated carbocycles. The summed E-state index contributed by atoms with van der Waals surface area (Å²) in [6, 6.07) is 8.01. The summed E-state index contributed by atoms with van der Waals surface area (Å²) in [6.07, 6.45) is 4.12. The van der Waals surface area contributed by atoms with E-state index in [0.29, 0.717) is 22.1 Å². The van der Waals surface area contributed by atoms with Crippen molar-refractivity contribution in [1.29, 1.82) is 0 Å². The highest BCUT2D eigenvalue weighted by Crippen LogP contribution is 2.13. The van der Waals surface area contributed by atoms with Gasteiger partial charge in [-0.3, -0.25) is 14.6 Å². The second-order valence-corrected chi connectivity index (χ2v) is 6.18. The van der Waals surface area contributed by atoms with Crippen LogP contribution in [0.25, 0.3) is 0 Å². The van der Waals surface area contributed by atoms with Gasteiger partial charge in [0.05, 0.1) is 5.56 Å². The van der Waals surface area contributed by atoms with Crippen molar-refractivity contribution in [3.05, 3.63) is 58.3 Å². The summed E-state index contributed by atoms with van der Waals surface area (Å²) in [7, 11) is 0. The molecular formula is C18H17BrN2O4. The van der Waals surface area contributed by atoms with Gasteiger partial charge in [-0.05, 0) is 52.7 Å². The van der Waals surface area contributed by atoms with E-state index in [-0.39, 0.29) is 23.9 Å². The molecule has 0 aliphatic rings.